The fourth-order valence-electron chi connectivity index (χ4n) is 2.89. The number of halogens is 2. The summed E-state index contributed by atoms with van der Waals surface area (Å²) < 4.78 is 28.8. The molecule has 2 aliphatic rings. The number of benzene rings is 1. The summed E-state index contributed by atoms with van der Waals surface area (Å²) in [6.07, 6.45) is 0. The maximum Gasteiger partial charge on any atom is 0.329 e. The van der Waals surface area contributed by atoms with Gasteiger partial charge in [0.15, 0.2) is 15.0 Å². The van der Waals surface area contributed by atoms with Crippen LogP contribution in [0.15, 0.2) is 23.2 Å². The Morgan fingerprint density at radius 1 is 1.30 bits per heavy atom. The number of anilines is 1. The highest BCUT2D eigenvalue weighted by molar-refractivity contribution is 8.16. The molecule has 8 nitrogen and oxygen atoms in total. The summed E-state index contributed by atoms with van der Waals surface area (Å²) >= 11 is 13.4. The summed E-state index contributed by atoms with van der Waals surface area (Å²) in [5.74, 6) is -1.96. The van der Waals surface area contributed by atoms with Gasteiger partial charge in [0.2, 0.25) is 0 Å². The van der Waals surface area contributed by atoms with E-state index in [1.54, 1.807) is 17.0 Å². The van der Waals surface area contributed by atoms with Gasteiger partial charge in [-0.05, 0) is 18.2 Å². The van der Waals surface area contributed by atoms with Crippen molar-refractivity contribution < 1.29 is 27.9 Å². The predicted molar refractivity (Wildman–Crippen MR) is 104 cm³/mol. The molecule has 0 unspecified atom stereocenters. The van der Waals surface area contributed by atoms with Gasteiger partial charge in [0.05, 0.1) is 28.3 Å². The van der Waals surface area contributed by atoms with Gasteiger partial charge in [0, 0.05) is 10.3 Å². The zero-order valence-electron chi connectivity index (χ0n) is 13.7. The van der Waals surface area contributed by atoms with Crippen molar-refractivity contribution in [1.82, 2.24) is 0 Å². The van der Waals surface area contributed by atoms with Crippen LogP contribution in [0.2, 0.25) is 10.0 Å². The summed E-state index contributed by atoms with van der Waals surface area (Å²) in [6.45, 7) is -1.11. The normalized spacial score (nSPS) is 25.0. The third kappa shape index (κ3) is 4.75. The van der Waals surface area contributed by atoms with Crippen LogP contribution in [0.25, 0.3) is 0 Å². The Labute approximate surface area is 169 Å². The Bertz CT molecular complexity index is 921. The average Bonchev–Trinajstić information content (AvgIpc) is 2.98. The van der Waals surface area contributed by atoms with E-state index in [0.717, 1.165) is 0 Å². The van der Waals surface area contributed by atoms with E-state index < -0.39 is 41.0 Å². The van der Waals surface area contributed by atoms with Gasteiger partial charge in [-0.25, -0.2) is 13.2 Å². The lowest BCUT2D eigenvalue weighted by molar-refractivity contribution is -0.143. The van der Waals surface area contributed by atoms with Gasteiger partial charge >= 0.3 is 5.97 Å². The van der Waals surface area contributed by atoms with Crippen molar-refractivity contribution in [2.45, 2.75) is 11.3 Å². The van der Waals surface area contributed by atoms with Crippen LogP contribution in [-0.2, 0) is 24.2 Å². The minimum Gasteiger partial charge on any atom is -0.480 e. The second kappa shape index (κ2) is 7.96. The van der Waals surface area contributed by atoms with Gasteiger partial charge in [-0.2, -0.15) is 4.99 Å². The van der Waals surface area contributed by atoms with Gasteiger partial charge in [-0.1, -0.05) is 35.0 Å². The molecular weight excluding hydrogens is 439 g/mol. The molecule has 2 fully saturated rings. The van der Waals surface area contributed by atoms with Gasteiger partial charge in [-0.15, -0.1) is 0 Å². The molecule has 2 saturated heterocycles. The molecule has 1 amide bonds. The minimum atomic E-state index is -3.20. The summed E-state index contributed by atoms with van der Waals surface area (Å²) in [5, 5.41) is 9.28. The van der Waals surface area contributed by atoms with Crippen molar-refractivity contribution in [3.8, 4) is 0 Å². The van der Waals surface area contributed by atoms with E-state index in [1.165, 1.54) is 17.8 Å². The number of rotatable bonds is 5. The SMILES string of the molecule is O=C(O)COCC(=O)N=C1S[C@H]2CS(=O)(=O)C[C@H]2N1c1ccc(Cl)cc1Cl. The number of amides is 1. The average molecular weight is 453 g/mol. The molecule has 1 aromatic rings. The standard InChI is InChI=1S/C15H14Cl2N2O6S2/c16-8-1-2-10(9(17)3-8)19-11-6-27(23,24)7-12(11)26-15(19)18-13(20)4-25-5-14(21)22/h1-3,11-12H,4-7H2,(H,21,22)/t11-,12+/m1/s1. The first kappa shape index (κ1) is 20.4. The molecule has 1 aromatic carbocycles. The summed E-state index contributed by atoms with van der Waals surface area (Å²) in [5.41, 5.74) is 0.496. The Hall–Kier alpha value is -1.33. The molecule has 0 saturated carbocycles. The molecule has 1 N–H and O–H groups in total. The Balaban J connectivity index is 1.89. The third-order valence-corrected chi connectivity index (χ3v) is 7.65. The molecule has 0 spiro atoms. The summed E-state index contributed by atoms with van der Waals surface area (Å²) in [6, 6.07) is 4.36. The minimum absolute atomic E-state index is 0.0211. The van der Waals surface area contributed by atoms with Gasteiger partial charge in [0.1, 0.15) is 13.2 Å². The van der Waals surface area contributed by atoms with Crippen LogP contribution in [0.5, 0.6) is 0 Å². The first-order chi connectivity index (χ1) is 12.7. The second-order valence-electron chi connectivity index (χ2n) is 5.94. The van der Waals surface area contributed by atoms with E-state index in [0.29, 0.717) is 20.9 Å². The van der Waals surface area contributed by atoms with Gasteiger partial charge < -0.3 is 14.7 Å². The van der Waals surface area contributed by atoms with Crippen molar-refractivity contribution in [1.29, 1.82) is 0 Å². The number of nitrogens with zero attached hydrogens (tertiary/aromatic N) is 2. The van der Waals surface area contributed by atoms with Crippen LogP contribution in [0, 0.1) is 0 Å². The lowest BCUT2D eigenvalue weighted by Gasteiger charge is -2.25. The molecule has 146 valence electrons. The van der Waals surface area contributed by atoms with E-state index in [9.17, 15) is 18.0 Å². The topological polar surface area (TPSA) is 113 Å². The van der Waals surface area contributed by atoms with Crippen LogP contribution in [0.1, 0.15) is 0 Å². The molecule has 0 aliphatic carbocycles. The Kier molecular flexibility index (Phi) is 6.02. The third-order valence-electron chi connectivity index (χ3n) is 3.91. The maximum absolute atomic E-state index is 12.0. The molecule has 3 rings (SSSR count). The first-order valence-electron chi connectivity index (χ1n) is 7.69. The van der Waals surface area contributed by atoms with Crippen LogP contribution in [0.3, 0.4) is 0 Å². The number of ether oxygens (including phenoxy) is 1. The maximum atomic E-state index is 12.0. The molecule has 27 heavy (non-hydrogen) atoms. The smallest absolute Gasteiger partial charge is 0.329 e. The molecule has 0 aromatic heterocycles. The molecule has 2 aliphatic heterocycles. The van der Waals surface area contributed by atoms with Gasteiger partial charge in [0.25, 0.3) is 5.91 Å². The van der Waals surface area contributed by atoms with E-state index >= 15 is 0 Å². The van der Waals surface area contributed by atoms with E-state index in [2.05, 4.69) is 4.99 Å². The monoisotopic (exact) mass is 452 g/mol. The fraction of sp³-hybridized carbons (Fsp3) is 0.400. The molecule has 2 heterocycles. The lowest BCUT2D eigenvalue weighted by Crippen LogP contribution is -2.38. The van der Waals surface area contributed by atoms with Crippen LogP contribution < -0.4 is 4.90 Å². The van der Waals surface area contributed by atoms with Crippen LogP contribution >= 0.6 is 35.0 Å². The zero-order valence-corrected chi connectivity index (χ0v) is 16.8. The number of aliphatic imine (C=N–C) groups is 1. The predicted octanol–water partition coefficient (Wildman–Crippen LogP) is 1.70. The largest absolute Gasteiger partial charge is 0.480 e. The molecule has 0 radical (unpaired) electrons. The second-order valence-corrected chi connectivity index (χ2v) is 10.1. The quantitative estimate of drug-likeness (QED) is 0.717. The van der Waals surface area contributed by atoms with Gasteiger partial charge in [-0.3, -0.25) is 4.79 Å². The van der Waals surface area contributed by atoms with E-state index in [4.69, 9.17) is 33.0 Å². The summed E-state index contributed by atoms with van der Waals surface area (Å²) in [7, 11) is -3.20. The number of fused-ring (bicyclic) bond motifs is 1. The fourth-order valence-corrected chi connectivity index (χ4v) is 7.31. The number of amidine groups is 1. The van der Waals surface area contributed by atoms with Crippen LogP contribution in [-0.4, -0.2) is 66.6 Å². The molecule has 12 heteroatoms. The Morgan fingerprint density at radius 3 is 2.70 bits per heavy atom. The lowest BCUT2D eigenvalue weighted by atomic mass is 10.2. The van der Waals surface area contributed by atoms with Crippen molar-refractivity contribution in [2.75, 3.05) is 29.6 Å². The van der Waals surface area contributed by atoms with E-state index in [1.807, 2.05) is 0 Å². The highest BCUT2D eigenvalue weighted by Crippen LogP contribution is 2.43. The number of carboxylic acids is 1. The number of sulfone groups is 1. The van der Waals surface area contributed by atoms with Crippen molar-refractivity contribution in [3.63, 3.8) is 0 Å². The zero-order chi connectivity index (χ0) is 19.8. The Morgan fingerprint density at radius 2 is 2.04 bits per heavy atom. The van der Waals surface area contributed by atoms with Crippen molar-refractivity contribution >= 4 is 67.5 Å². The molecular formula is C15H14Cl2N2O6S2. The van der Waals surface area contributed by atoms with E-state index in [-0.39, 0.29) is 16.8 Å². The number of aliphatic carboxylic acids is 1. The number of hydrogen-bond donors (Lipinski definition) is 1. The number of hydrogen-bond acceptors (Lipinski definition) is 6. The first-order valence-corrected chi connectivity index (χ1v) is 11.1. The summed E-state index contributed by atoms with van der Waals surface area (Å²) in [4.78, 5) is 28.1. The number of carbonyl (C=O) groups is 2. The number of carboxylic acid groups (broad SMARTS) is 1. The molecule has 0 bridgehead atoms. The van der Waals surface area contributed by atoms with Crippen molar-refractivity contribution in [2.24, 2.45) is 4.99 Å². The number of carbonyl (C=O) groups excluding carboxylic acids is 1. The molecule has 2 atom stereocenters. The number of thioether (sulfide) groups is 1. The highest BCUT2D eigenvalue weighted by Gasteiger charge is 2.49. The van der Waals surface area contributed by atoms with Crippen LogP contribution in [0.4, 0.5) is 5.69 Å². The van der Waals surface area contributed by atoms with Crippen molar-refractivity contribution in [3.05, 3.63) is 28.2 Å². The highest BCUT2D eigenvalue weighted by atomic mass is 35.5.